The predicted octanol–water partition coefficient (Wildman–Crippen LogP) is 5.26. The van der Waals surface area contributed by atoms with Crippen molar-refractivity contribution in [3.8, 4) is 0 Å². The number of hydrogen-bond donors (Lipinski definition) is 0. The molecule has 0 atom stereocenters. The summed E-state index contributed by atoms with van der Waals surface area (Å²) in [5, 5.41) is 11.8. The molecular weight excluding hydrogens is 488 g/mol. The number of rotatable bonds is 7. The van der Waals surface area contributed by atoms with Gasteiger partial charge in [0.1, 0.15) is 5.69 Å². The summed E-state index contributed by atoms with van der Waals surface area (Å²) in [6.45, 7) is 5.85. The van der Waals surface area contributed by atoms with Crippen molar-refractivity contribution in [1.82, 2.24) is 14.8 Å². The standard InChI is InChI=1S/C28H28N4O4S/c1-20(2)22-7-3-4-9-25(22)37-26-12-10-21(19-24(26)32(35)36)11-13-27(33)30-15-17-31(18-16-30)28(34)23-8-5-6-14-29-23/h3-14,19-20H,15-18H2,1-2H3. The monoisotopic (exact) mass is 516 g/mol. The third-order valence-corrected chi connectivity index (χ3v) is 7.28. The van der Waals surface area contributed by atoms with Crippen LogP contribution >= 0.6 is 11.8 Å². The topological polar surface area (TPSA) is 96.7 Å². The van der Waals surface area contributed by atoms with E-state index in [9.17, 15) is 19.7 Å². The number of carbonyl (C=O) groups is 2. The van der Waals surface area contributed by atoms with E-state index in [1.165, 1.54) is 23.9 Å². The molecule has 0 N–H and O–H groups in total. The van der Waals surface area contributed by atoms with Crippen molar-refractivity contribution >= 4 is 35.3 Å². The maximum absolute atomic E-state index is 12.7. The number of amides is 2. The van der Waals surface area contributed by atoms with Crippen molar-refractivity contribution in [3.63, 3.8) is 0 Å². The zero-order chi connectivity index (χ0) is 26.4. The first kappa shape index (κ1) is 26.1. The van der Waals surface area contributed by atoms with E-state index in [0.29, 0.717) is 48.2 Å². The summed E-state index contributed by atoms with van der Waals surface area (Å²) in [5.74, 6) is -0.0487. The summed E-state index contributed by atoms with van der Waals surface area (Å²) < 4.78 is 0. The number of piperazine rings is 1. The van der Waals surface area contributed by atoms with E-state index in [-0.39, 0.29) is 17.5 Å². The molecule has 1 aliphatic rings. The van der Waals surface area contributed by atoms with E-state index in [2.05, 4.69) is 18.8 Å². The number of nitrogens with zero attached hydrogens (tertiary/aromatic N) is 4. The van der Waals surface area contributed by atoms with E-state index in [1.54, 1.807) is 52.4 Å². The largest absolute Gasteiger partial charge is 0.336 e. The van der Waals surface area contributed by atoms with Gasteiger partial charge in [-0.15, -0.1) is 0 Å². The molecule has 0 saturated carbocycles. The lowest BCUT2D eigenvalue weighted by atomic mass is 10.0. The van der Waals surface area contributed by atoms with Crippen LogP contribution in [0.25, 0.3) is 6.08 Å². The van der Waals surface area contributed by atoms with Crippen LogP contribution in [0.1, 0.15) is 41.4 Å². The Morgan fingerprint density at radius 3 is 2.35 bits per heavy atom. The number of benzene rings is 2. The summed E-state index contributed by atoms with van der Waals surface area (Å²) in [6, 6.07) is 18.1. The van der Waals surface area contributed by atoms with Crippen molar-refractivity contribution in [2.45, 2.75) is 29.6 Å². The van der Waals surface area contributed by atoms with Gasteiger partial charge in [-0.2, -0.15) is 0 Å². The lowest BCUT2D eigenvalue weighted by molar-refractivity contribution is -0.387. The molecule has 0 aliphatic carbocycles. The number of aromatic nitrogens is 1. The van der Waals surface area contributed by atoms with Crippen LogP contribution in [-0.2, 0) is 4.79 Å². The lowest BCUT2D eigenvalue weighted by Gasteiger charge is -2.34. The molecule has 2 heterocycles. The van der Waals surface area contributed by atoms with Gasteiger partial charge >= 0.3 is 0 Å². The fraction of sp³-hybridized carbons (Fsp3) is 0.250. The molecule has 37 heavy (non-hydrogen) atoms. The molecular formula is C28H28N4O4S. The molecule has 0 unspecified atom stereocenters. The van der Waals surface area contributed by atoms with Gasteiger partial charge in [0.25, 0.3) is 11.6 Å². The van der Waals surface area contributed by atoms with Gasteiger partial charge in [-0.25, -0.2) is 0 Å². The minimum absolute atomic E-state index is 0.000179. The second-order valence-electron chi connectivity index (χ2n) is 8.94. The SMILES string of the molecule is CC(C)c1ccccc1Sc1ccc(C=CC(=O)N2CCN(C(=O)c3ccccn3)CC2)cc1[N+](=O)[O-]. The van der Waals surface area contributed by atoms with E-state index < -0.39 is 4.92 Å². The molecule has 8 nitrogen and oxygen atoms in total. The van der Waals surface area contributed by atoms with Gasteiger partial charge in [-0.3, -0.25) is 24.7 Å². The number of carbonyl (C=O) groups excluding carboxylic acids is 2. The fourth-order valence-corrected chi connectivity index (χ4v) is 5.27. The zero-order valence-corrected chi connectivity index (χ0v) is 21.6. The van der Waals surface area contributed by atoms with Crippen LogP contribution in [0, 0.1) is 10.1 Å². The maximum atomic E-state index is 12.7. The van der Waals surface area contributed by atoms with Crippen LogP contribution in [0.2, 0.25) is 0 Å². The van der Waals surface area contributed by atoms with Crippen LogP contribution in [0.4, 0.5) is 5.69 Å². The molecule has 1 aliphatic heterocycles. The average Bonchev–Trinajstić information content (AvgIpc) is 2.92. The number of hydrogen-bond acceptors (Lipinski definition) is 6. The normalized spacial score (nSPS) is 13.8. The Kier molecular flexibility index (Phi) is 8.35. The fourth-order valence-electron chi connectivity index (χ4n) is 4.09. The first-order valence-corrected chi connectivity index (χ1v) is 12.9. The minimum atomic E-state index is -0.392. The predicted molar refractivity (Wildman–Crippen MR) is 144 cm³/mol. The summed E-state index contributed by atoms with van der Waals surface area (Å²) in [5.41, 5.74) is 2.10. The van der Waals surface area contributed by atoms with Gasteiger partial charge in [-0.1, -0.05) is 55.9 Å². The molecule has 3 aromatic rings. The Morgan fingerprint density at radius 1 is 0.973 bits per heavy atom. The molecule has 2 amide bonds. The highest BCUT2D eigenvalue weighted by Gasteiger charge is 2.24. The molecule has 1 saturated heterocycles. The molecule has 0 radical (unpaired) electrons. The van der Waals surface area contributed by atoms with Crippen LogP contribution in [0.15, 0.2) is 82.7 Å². The molecule has 0 spiro atoms. The van der Waals surface area contributed by atoms with Crippen LogP contribution in [-0.4, -0.2) is 57.7 Å². The second kappa shape index (κ2) is 11.8. The lowest BCUT2D eigenvalue weighted by Crippen LogP contribution is -2.50. The van der Waals surface area contributed by atoms with Gasteiger partial charge < -0.3 is 9.80 Å². The van der Waals surface area contributed by atoms with E-state index >= 15 is 0 Å². The second-order valence-corrected chi connectivity index (χ2v) is 10.0. The Balaban J connectivity index is 1.41. The molecule has 2 aromatic carbocycles. The van der Waals surface area contributed by atoms with E-state index in [0.717, 1.165) is 10.5 Å². The molecule has 0 bridgehead atoms. The Bertz CT molecular complexity index is 1320. The quantitative estimate of drug-likeness (QED) is 0.241. The van der Waals surface area contributed by atoms with Gasteiger partial charge in [0.15, 0.2) is 0 Å². The first-order chi connectivity index (χ1) is 17.8. The molecule has 9 heteroatoms. The molecule has 190 valence electrons. The maximum Gasteiger partial charge on any atom is 0.283 e. The van der Waals surface area contributed by atoms with Gasteiger partial charge in [0.05, 0.1) is 9.82 Å². The third-order valence-electron chi connectivity index (χ3n) is 6.12. The summed E-state index contributed by atoms with van der Waals surface area (Å²) in [4.78, 5) is 45.7. The Morgan fingerprint density at radius 2 is 1.68 bits per heavy atom. The number of nitro groups is 1. The third kappa shape index (κ3) is 6.42. The van der Waals surface area contributed by atoms with Gasteiger partial charge in [0.2, 0.25) is 5.91 Å². The van der Waals surface area contributed by atoms with Crippen molar-refractivity contribution in [3.05, 3.63) is 99.9 Å². The number of pyridine rings is 1. The van der Waals surface area contributed by atoms with Crippen molar-refractivity contribution in [1.29, 1.82) is 0 Å². The van der Waals surface area contributed by atoms with Crippen LogP contribution in [0.3, 0.4) is 0 Å². The van der Waals surface area contributed by atoms with E-state index in [4.69, 9.17) is 0 Å². The summed E-state index contributed by atoms with van der Waals surface area (Å²) in [7, 11) is 0. The van der Waals surface area contributed by atoms with Crippen molar-refractivity contribution in [2.24, 2.45) is 0 Å². The van der Waals surface area contributed by atoms with E-state index in [1.807, 2.05) is 24.3 Å². The van der Waals surface area contributed by atoms with Gasteiger partial charge in [-0.05, 0) is 47.4 Å². The first-order valence-electron chi connectivity index (χ1n) is 12.1. The molecule has 4 rings (SSSR count). The number of nitro benzene ring substituents is 1. The van der Waals surface area contributed by atoms with Crippen molar-refractivity contribution in [2.75, 3.05) is 26.2 Å². The average molecular weight is 517 g/mol. The van der Waals surface area contributed by atoms with Crippen LogP contribution < -0.4 is 0 Å². The zero-order valence-electron chi connectivity index (χ0n) is 20.7. The summed E-state index contributed by atoms with van der Waals surface area (Å²) in [6.07, 6.45) is 4.60. The summed E-state index contributed by atoms with van der Waals surface area (Å²) >= 11 is 1.38. The minimum Gasteiger partial charge on any atom is -0.336 e. The highest BCUT2D eigenvalue weighted by atomic mass is 32.2. The molecule has 1 aromatic heterocycles. The Labute approximate surface area is 220 Å². The van der Waals surface area contributed by atoms with Crippen LogP contribution in [0.5, 0.6) is 0 Å². The van der Waals surface area contributed by atoms with Gasteiger partial charge in [0, 0.05) is 49.4 Å². The molecule has 1 fully saturated rings. The van der Waals surface area contributed by atoms with Crippen molar-refractivity contribution < 1.29 is 14.5 Å². The highest BCUT2D eigenvalue weighted by Crippen LogP contribution is 2.39. The Hall–Kier alpha value is -3.98. The smallest absolute Gasteiger partial charge is 0.283 e. The highest BCUT2D eigenvalue weighted by molar-refractivity contribution is 7.99.